The number of aliphatic hydroxyl groups excluding tert-OH is 1. The monoisotopic (exact) mass is 500 g/mol. The number of carbonyl (C=O) groups is 4. The molecule has 1 saturated heterocycles. The lowest BCUT2D eigenvalue weighted by Crippen LogP contribution is -2.55. The molecule has 1 rings (SSSR count). The van der Waals surface area contributed by atoms with E-state index in [9.17, 15) is 29.4 Å². The van der Waals surface area contributed by atoms with Crippen LogP contribution in [-0.4, -0.2) is 88.8 Å². The molecule has 0 aromatic carbocycles. The van der Waals surface area contributed by atoms with Crippen LogP contribution in [0.15, 0.2) is 4.99 Å². The van der Waals surface area contributed by atoms with E-state index in [1.54, 1.807) is 0 Å². The molecule has 0 aromatic rings. The second kappa shape index (κ2) is 15.1. The van der Waals surface area contributed by atoms with Gasteiger partial charge in [0.25, 0.3) is 0 Å². The Labute approximate surface area is 204 Å². The van der Waals surface area contributed by atoms with Crippen LogP contribution in [0.5, 0.6) is 0 Å². The number of aliphatic hydroxyl groups is 1. The maximum atomic E-state index is 13.3. The van der Waals surface area contributed by atoms with Crippen molar-refractivity contribution in [2.75, 3.05) is 19.6 Å². The Morgan fingerprint density at radius 3 is 2.37 bits per heavy atom. The predicted octanol–water partition coefficient (Wildman–Crippen LogP) is -2.87. The summed E-state index contributed by atoms with van der Waals surface area (Å²) in [5, 5.41) is 24.0. The minimum absolute atomic E-state index is 0.0971. The molecule has 5 atom stereocenters. The van der Waals surface area contributed by atoms with Crippen LogP contribution < -0.4 is 33.6 Å². The van der Waals surface area contributed by atoms with Gasteiger partial charge in [0.05, 0.1) is 6.10 Å². The fraction of sp³-hybridized carbons (Fsp3) is 0.762. The van der Waals surface area contributed by atoms with Crippen LogP contribution in [0.2, 0.25) is 0 Å². The molecule has 3 amide bonds. The lowest BCUT2D eigenvalue weighted by molar-refractivity contribution is -0.147. The topological polar surface area (TPSA) is 252 Å². The molecule has 0 bridgehead atoms. The number of nitrogens with zero attached hydrogens (tertiary/aromatic N) is 2. The molecule has 0 radical (unpaired) electrons. The Hall–Kier alpha value is -2.97. The number of unbranched alkanes of at least 4 members (excludes halogenated alkanes) is 1. The number of carboxylic acid groups (broad SMARTS) is 1. The molecule has 14 nitrogen and oxygen atoms in total. The quantitative estimate of drug-likeness (QED) is 0.0375. The van der Waals surface area contributed by atoms with Gasteiger partial charge < -0.3 is 48.7 Å². The molecule has 1 aliphatic rings. The molecular weight excluding hydrogens is 460 g/mol. The molecule has 0 saturated carbocycles. The first kappa shape index (κ1) is 30.1. The maximum absolute atomic E-state index is 13.3. The summed E-state index contributed by atoms with van der Waals surface area (Å²) in [6, 6.07) is -2.08. The standard InChI is InChI=1S/C21H40N8O6/c1-12(30)16(23)28-17(31)13(6-2-3-9-22)19(33)29-11-5-8-15(29)18(32)27-14(20(34)35)7-4-10-26-21(24)25/h12-16,30H,2-11,22-23H2,1H3,(H,27,32)(H,28,31)(H,34,35)(H4,24,25,26)/t12?,13?,14-,15-,16+/m0/s1. The molecule has 0 spiro atoms. The van der Waals surface area contributed by atoms with E-state index in [0.717, 1.165) is 0 Å². The van der Waals surface area contributed by atoms with E-state index in [-0.39, 0.29) is 31.9 Å². The molecular formula is C21H40N8O6. The van der Waals surface area contributed by atoms with Gasteiger partial charge in [0, 0.05) is 13.1 Å². The van der Waals surface area contributed by atoms with Gasteiger partial charge in [0.15, 0.2) is 5.96 Å². The van der Waals surface area contributed by atoms with Gasteiger partial charge in [-0.25, -0.2) is 4.79 Å². The fourth-order valence-electron chi connectivity index (χ4n) is 3.78. The molecule has 0 aromatic heterocycles. The van der Waals surface area contributed by atoms with Gasteiger partial charge in [-0.2, -0.15) is 0 Å². The van der Waals surface area contributed by atoms with Crippen LogP contribution >= 0.6 is 0 Å². The summed E-state index contributed by atoms with van der Waals surface area (Å²) in [6.07, 6.45) is 0.509. The van der Waals surface area contributed by atoms with Gasteiger partial charge in [-0.3, -0.25) is 19.4 Å². The number of rotatable bonds is 15. The summed E-state index contributed by atoms with van der Waals surface area (Å²) in [7, 11) is 0. The van der Waals surface area contributed by atoms with Gasteiger partial charge in [0.2, 0.25) is 17.7 Å². The van der Waals surface area contributed by atoms with E-state index in [4.69, 9.17) is 22.9 Å². The number of nitrogens with two attached hydrogens (primary N) is 4. The van der Waals surface area contributed by atoms with Crippen LogP contribution in [0.25, 0.3) is 0 Å². The van der Waals surface area contributed by atoms with Crippen LogP contribution in [0.3, 0.4) is 0 Å². The molecule has 200 valence electrons. The molecule has 1 fully saturated rings. The zero-order valence-electron chi connectivity index (χ0n) is 20.2. The van der Waals surface area contributed by atoms with E-state index in [2.05, 4.69) is 15.6 Å². The minimum Gasteiger partial charge on any atom is -0.480 e. The lowest BCUT2D eigenvalue weighted by Gasteiger charge is -2.29. The molecule has 2 unspecified atom stereocenters. The zero-order valence-corrected chi connectivity index (χ0v) is 20.2. The summed E-state index contributed by atoms with van der Waals surface area (Å²) in [6.45, 7) is 2.27. The number of hydrogen-bond donors (Lipinski definition) is 8. The minimum atomic E-state index is -1.22. The molecule has 14 heteroatoms. The second-order valence-electron chi connectivity index (χ2n) is 8.65. The number of carbonyl (C=O) groups excluding carboxylic acids is 3. The predicted molar refractivity (Wildman–Crippen MR) is 128 cm³/mol. The molecule has 1 heterocycles. The van der Waals surface area contributed by atoms with Crippen molar-refractivity contribution in [3.05, 3.63) is 0 Å². The van der Waals surface area contributed by atoms with E-state index in [1.807, 2.05) is 0 Å². The molecule has 35 heavy (non-hydrogen) atoms. The first-order valence-corrected chi connectivity index (χ1v) is 11.8. The molecule has 12 N–H and O–H groups in total. The smallest absolute Gasteiger partial charge is 0.326 e. The van der Waals surface area contributed by atoms with Gasteiger partial charge in [0.1, 0.15) is 24.2 Å². The number of hydrogen-bond acceptors (Lipinski definition) is 8. The number of nitrogens with one attached hydrogen (secondary N) is 2. The Morgan fingerprint density at radius 2 is 1.80 bits per heavy atom. The third-order valence-corrected chi connectivity index (χ3v) is 5.79. The largest absolute Gasteiger partial charge is 0.480 e. The zero-order chi connectivity index (χ0) is 26.5. The summed E-state index contributed by atoms with van der Waals surface area (Å²) < 4.78 is 0. The van der Waals surface area contributed by atoms with Crippen LogP contribution in [0, 0.1) is 5.92 Å². The van der Waals surface area contributed by atoms with Gasteiger partial charge in [-0.1, -0.05) is 6.42 Å². The van der Waals surface area contributed by atoms with Crippen LogP contribution in [-0.2, 0) is 19.2 Å². The highest BCUT2D eigenvalue weighted by atomic mass is 16.4. The number of aliphatic imine (C=N–C) groups is 1. The highest BCUT2D eigenvalue weighted by Crippen LogP contribution is 2.23. The van der Waals surface area contributed by atoms with Crippen molar-refractivity contribution in [2.45, 2.75) is 76.2 Å². The Bertz CT molecular complexity index is 758. The van der Waals surface area contributed by atoms with Gasteiger partial charge in [-0.15, -0.1) is 0 Å². The van der Waals surface area contributed by atoms with E-state index < -0.39 is 54.0 Å². The molecule has 0 aliphatic carbocycles. The third-order valence-electron chi connectivity index (χ3n) is 5.79. The van der Waals surface area contributed by atoms with Crippen molar-refractivity contribution in [3.8, 4) is 0 Å². The number of guanidine groups is 1. The average molecular weight is 501 g/mol. The number of likely N-dealkylation sites (tertiary alicyclic amines) is 1. The highest BCUT2D eigenvalue weighted by molar-refractivity contribution is 6.02. The van der Waals surface area contributed by atoms with Crippen LogP contribution in [0.1, 0.15) is 51.9 Å². The first-order valence-electron chi connectivity index (χ1n) is 11.8. The third kappa shape index (κ3) is 10.0. The Kier molecular flexibility index (Phi) is 13.0. The van der Waals surface area contributed by atoms with Crippen molar-refractivity contribution in [1.29, 1.82) is 0 Å². The van der Waals surface area contributed by atoms with Crippen molar-refractivity contribution in [2.24, 2.45) is 33.8 Å². The SMILES string of the molecule is CC(O)[C@H](N)NC(=O)C(CCCCN)C(=O)N1CCC[C@H]1C(=O)N[C@@H](CCCN=C(N)N)C(=O)O. The summed E-state index contributed by atoms with van der Waals surface area (Å²) in [5.41, 5.74) is 21.8. The Balaban J connectivity index is 2.92. The number of aliphatic carboxylic acids is 1. The first-order chi connectivity index (χ1) is 16.5. The fourth-order valence-corrected chi connectivity index (χ4v) is 3.78. The summed E-state index contributed by atoms with van der Waals surface area (Å²) in [5.74, 6) is -4.24. The second-order valence-corrected chi connectivity index (χ2v) is 8.65. The Morgan fingerprint density at radius 1 is 1.11 bits per heavy atom. The summed E-state index contributed by atoms with van der Waals surface area (Å²) >= 11 is 0. The number of amides is 3. The average Bonchev–Trinajstić information content (AvgIpc) is 3.27. The maximum Gasteiger partial charge on any atom is 0.326 e. The van der Waals surface area contributed by atoms with E-state index >= 15 is 0 Å². The normalized spacial score (nSPS) is 18.7. The highest BCUT2D eigenvalue weighted by Gasteiger charge is 2.40. The summed E-state index contributed by atoms with van der Waals surface area (Å²) in [4.78, 5) is 55.8. The number of carboxylic acids is 1. The van der Waals surface area contributed by atoms with Crippen molar-refractivity contribution in [3.63, 3.8) is 0 Å². The van der Waals surface area contributed by atoms with E-state index in [0.29, 0.717) is 38.6 Å². The van der Waals surface area contributed by atoms with Crippen molar-refractivity contribution in [1.82, 2.24) is 15.5 Å². The lowest BCUT2D eigenvalue weighted by atomic mass is 9.98. The van der Waals surface area contributed by atoms with Crippen molar-refractivity contribution < 1.29 is 29.4 Å². The van der Waals surface area contributed by atoms with Gasteiger partial charge in [-0.05, 0) is 52.0 Å². The van der Waals surface area contributed by atoms with E-state index in [1.165, 1.54) is 11.8 Å². The van der Waals surface area contributed by atoms with Crippen molar-refractivity contribution >= 4 is 29.7 Å². The van der Waals surface area contributed by atoms with Crippen LogP contribution in [0.4, 0.5) is 0 Å². The molecule has 1 aliphatic heterocycles. The van der Waals surface area contributed by atoms with Gasteiger partial charge >= 0.3 is 5.97 Å².